The highest BCUT2D eigenvalue weighted by Crippen LogP contribution is 2.51. The number of hydrogen-bond donors (Lipinski definition) is 1. The summed E-state index contributed by atoms with van der Waals surface area (Å²) < 4.78 is 16.1. The third-order valence-electron chi connectivity index (χ3n) is 5.93. The molecule has 0 saturated carbocycles. The van der Waals surface area contributed by atoms with E-state index in [1.54, 1.807) is 68.4 Å². The van der Waals surface area contributed by atoms with E-state index in [-0.39, 0.29) is 31.8 Å². The van der Waals surface area contributed by atoms with Crippen LogP contribution in [0.4, 0.5) is 0 Å². The second-order valence-corrected chi connectivity index (χ2v) is 7.84. The molecule has 0 radical (unpaired) electrons. The van der Waals surface area contributed by atoms with Crippen LogP contribution in [0.5, 0.6) is 0 Å². The first-order chi connectivity index (χ1) is 15.4. The number of aliphatic hydroxyl groups is 1. The average molecular weight is 436 g/mol. The summed E-state index contributed by atoms with van der Waals surface area (Å²) in [4.78, 5) is 39.0. The van der Waals surface area contributed by atoms with Gasteiger partial charge in [0.25, 0.3) is 0 Å². The first kappa shape index (κ1) is 21.8. The summed E-state index contributed by atoms with van der Waals surface area (Å²) in [5.74, 6) is -1.59. The average Bonchev–Trinajstić information content (AvgIpc) is 2.79. The second-order valence-electron chi connectivity index (χ2n) is 7.84. The molecule has 2 aromatic carbocycles. The van der Waals surface area contributed by atoms with Gasteiger partial charge in [-0.3, -0.25) is 9.59 Å². The lowest BCUT2D eigenvalue weighted by molar-refractivity contribution is -0.178. The van der Waals surface area contributed by atoms with E-state index >= 15 is 0 Å². The van der Waals surface area contributed by atoms with Crippen LogP contribution in [0.1, 0.15) is 37.2 Å². The summed E-state index contributed by atoms with van der Waals surface area (Å²) in [7, 11) is 0. The van der Waals surface area contributed by atoms with Gasteiger partial charge in [-0.15, -0.1) is 0 Å². The zero-order chi connectivity index (χ0) is 22.9. The van der Waals surface area contributed by atoms with Gasteiger partial charge in [-0.05, 0) is 30.9 Å². The lowest BCUT2D eigenvalue weighted by atomic mass is 9.63. The van der Waals surface area contributed by atoms with Gasteiger partial charge in [-0.25, -0.2) is 4.79 Å². The standard InChI is InChI=1S/C25H24O7/c1-3-30-22(27)24(23(28)31-4-2)14-19-20(17-12-8-9-13-18(17)21(26)32-19)25(29,15-24)16-10-6-5-7-11-16/h5-13,29H,3-4,14-15H2,1-2H3. The number of carbonyl (C=O) groups is 2. The molecular weight excluding hydrogens is 412 g/mol. The monoisotopic (exact) mass is 436 g/mol. The Bertz CT molecular complexity index is 1210. The molecule has 1 heterocycles. The number of hydrogen-bond acceptors (Lipinski definition) is 7. The third-order valence-corrected chi connectivity index (χ3v) is 5.93. The Morgan fingerprint density at radius 2 is 1.50 bits per heavy atom. The highest BCUT2D eigenvalue weighted by atomic mass is 16.6. The molecule has 0 fully saturated rings. The Morgan fingerprint density at radius 1 is 0.938 bits per heavy atom. The maximum atomic E-state index is 13.2. The van der Waals surface area contributed by atoms with Gasteiger partial charge < -0.3 is 19.0 Å². The van der Waals surface area contributed by atoms with Gasteiger partial charge in [0.1, 0.15) is 11.4 Å². The van der Waals surface area contributed by atoms with Crippen LogP contribution in [-0.4, -0.2) is 30.3 Å². The summed E-state index contributed by atoms with van der Waals surface area (Å²) in [6, 6.07) is 15.5. The molecule has 7 heteroatoms. The van der Waals surface area contributed by atoms with E-state index in [2.05, 4.69) is 0 Å². The zero-order valence-electron chi connectivity index (χ0n) is 17.9. The Hall–Kier alpha value is -3.45. The van der Waals surface area contributed by atoms with E-state index in [0.717, 1.165) is 0 Å². The van der Waals surface area contributed by atoms with Crippen LogP contribution in [0.15, 0.2) is 63.8 Å². The van der Waals surface area contributed by atoms with Crippen molar-refractivity contribution >= 4 is 22.7 Å². The largest absolute Gasteiger partial charge is 0.465 e. The van der Waals surface area contributed by atoms with Crippen LogP contribution in [-0.2, 0) is 31.1 Å². The molecule has 0 saturated heterocycles. The van der Waals surface area contributed by atoms with Crippen molar-refractivity contribution in [3.63, 3.8) is 0 Å². The van der Waals surface area contributed by atoms with Crippen molar-refractivity contribution < 1.29 is 28.6 Å². The number of fused-ring (bicyclic) bond motifs is 3. The number of carbonyl (C=O) groups excluding carboxylic acids is 2. The van der Waals surface area contributed by atoms with Gasteiger partial charge in [0.2, 0.25) is 0 Å². The van der Waals surface area contributed by atoms with Gasteiger partial charge >= 0.3 is 17.6 Å². The molecule has 0 aliphatic heterocycles. The van der Waals surface area contributed by atoms with Gasteiger partial charge in [-0.2, -0.15) is 0 Å². The smallest absolute Gasteiger partial charge is 0.343 e. The Labute approximate surface area is 184 Å². The maximum absolute atomic E-state index is 13.2. The summed E-state index contributed by atoms with van der Waals surface area (Å²) in [5.41, 5.74) is -3.48. The van der Waals surface area contributed by atoms with Crippen LogP contribution in [0.2, 0.25) is 0 Å². The second kappa shape index (κ2) is 8.24. The Balaban J connectivity index is 2.07. The van der Waals surface area contributed by atoms with Gasteiger partial charge in [0.05, 0.1) is 18.6 Å². The third kappa shape index (κ3) is 3.29. The predicted molar refractivity (Wildman–Crippen MR) is 116 cm³/mol. The zero-order valence-corrected chi connectivity index (χ0v) is 17.9. The van der Waals surface area contributed by atoms with E-state index in [1.807, 2.05) is 0 Å². The molecule has 4 rings (SSSR count). The number of esters is 2. The predicted octanol–water partition coefficient (Wildman–Crippen LogP) is 3.09. The van der Waals surface area contributed by atoms with Crippen LogP contribution in [0.3, 0.4) is 0 Å². The Morgan fingerprint density at radius 3 is 2.09 bits per heavy atom. The molecule has 1 aliphatic rings. The topological polar surface area (TPSA) is 103 Å². The molecule has 1 N–H and O–H groups in total. The molecule has 1 atom stereocenters. The van der Waals surface area contributed by atoms with E-state index in [0.29, 0.717) is 21.9 Å². The maximum Gasteiger partial charge on any atom is 0.343 e. The number of ether oxygens (including phenoxy) is 2. The Kier molecular flexibility index (Phi) is 5.60. The van der Waals surface area contributed by atoms with Gasteiger partial charge in [-0.1, -0.05) is 48.5 Å². The first-order valence-electron chi connectivity index (χ1n) is 10.5. The van der Waals surface area contributed by atoms with E-state index in [9.17, 15) is 19.5 Å². The van der Waals surface area contributed by atoms with Crippen molar-refractivity contribution in [3.05, 3.63) is 81.9 Å². The molecule has 7 nitrogen and oxygen atoms in total. The molecule has 1 aromatic heterocycles. The summed E-state index contributed by atoms with van der Waals surface area (Å²) in [5, 5.41) is 13.0. The van der Waals surface area contributed by atoms with Crippen molar-refractivity contribution in [2.75, 3.05) is 13.2 Å². The van der Waals surface area contributed by atoms with Crippen molar-refractivity contribution in [3.8, 4) is 0 Å². The van der Waals surface area contributed by atoms with E-state index in [1.165, 1.54) is 0 Å². The van der Waals surface area contributed by atoms with E-state index < -0.39 is 28.6 Å². The summed E-state index contributed by atoms with van der Waals surface area (Å²) >= 11 is 0. The SMILES string of the molecule is CCOC(=O)C1(C(=O)OCC)Cc2oc(=O)c3ccccc3c2C(O)(c2ccccc2)C1. The fourth-order valence-corrected chi connectivity index (χ4v) is 4.56. The van der Waals surface area contributed by atoms with Crippen LogP contribution >= 0.6 is 0 Å². The van der Waals surface area contributed by atoms with Gasteiger partial charge in [0, 0.05) is 18.4 Å². The lowest BCUT2D eigenvalue weighted by Gasteiger charge is -2.42. The highest BCUT2D eigenvalue weighted by Gasteiger charge is 2.60. The fourth-order valence-electron chi connectivity index (χ4n) is 4.56. The molecule has 0 spiro atoms. The minimum absolute atomic E-state index is 0.0400. The molecule has 1 aliphatic carbocycles. The minimum Gasteiger partial charge on any atom is -0.465 e. The van der Waals surface area contributed by atoms with Crippen molar-refractivity contribution in [2.24, 2.45) is 5.41 Å². The van der Waals surface area contributed by atoms with Crippen LogP contribution in [0.25, 0.3) is 10.8 Å². The van der Waals surface area contributed by atoms with Crippen molar-refractivity contribution in [1.29, 1.82) is 0 Å². The van der Waals surface area contributed by atoms with Crippen LogP contribution < -0.4 is 5.63 Å². The summed E-state index contributed by atoms with van der Waals surface area (Å²) in [6.07, 6.45) is -0.568. The number of rotatable bonds is 5. The molecule has 0 bridgehead atoms. The fraction of sp³-hybridized carbons (Fsp3) is 0.320. The minimum atomic E-state index is -1.87. The summed E-state index contributed by atoms with van der Waals surface area (Å²) in [6.45, 7) is 3.34. The van der Waals surface area contributed by atoms with Crippen molar-refractivity contribution in [1.82, 2.24) is 0 Å². The van der Waals surface area contributed by atoms with Gasteiger partial charge in [0.15, 0.2) is 5.41 Å². The van der Waals surface area contributed by atoms with Crippen molar-refractivity contribution in [2.45, 2.75) is 32.3 Å². The lowest BCUT2D eigenvalue weighted by Crippen LogP contribution is -2.53. The molecule has 32 heavy (non-hydrogen) atoms. The highest BCUT2D eigenvalue weighted by molar-refractivity contribution is 6.01. The normalized spacial score (nSPS) is 19.2. The number of benzene rings is 2. The van der Waals surface area contributed by atoms with E-state index in [4.69, 9.17) is 13.9 Å². The molecular formula is C25H24O7. The van der Waals surface area contributed by atoms with Crippen LogP contribution in [0, 0.1) is 5.41 Å². The molecule has 1 unspecified atom stereocenters. The first-order valence-corrected chi connectivity index (χ1v) is 10.5. The molecule has 166 valence electrons. The quantitative estimate of drug-likeness (QED) is 0.484. The molecule has 3 aromatic rings. The molecule has 0 amide bonds.